The van der Waals surface area contributed by atoms with Crippen LogP contribution in [0.15, 0.2) is 40.8 Å². The molecule has 1 amide bonds. The molecule has 0 saturated heterocycles. The van der Waals surface area contributed by atoms with E-state index >= 15 is 0 Å². The van der Waals surface area contributed by atoms with Crippen LogP contribution in [0.3, 0.4) is 0 Å². The maximum absolute atomic E-state index is 11.9. The Hall–Kier alpha value is -2.23. The predicted molar refractivity (Wildman–Crippen MR) is 67.4 cm³/mol. The number of hydrogen-bond donors (Lipinski definition) is 2. The lowest BCUT2D eigenvalue weighted by Crippen LogP contribution is -2.11. The highest BCUT2D eigenvalue weighted by Gasteiger charge is 2.08. The minimum atomic E-state index is -0.184. The normalized spacial score (nSPS) is 10.0. The molecule has 0 spiro atoms. The number of nitrogens with one attached hydrogen (secondary N) is 2. The number of anilines is 2. The highest BCUT2D eigenvalue weighted by molar-refractivity contribution is 6.04. The lowest BCUT2D eigenvalue weighted by Gasteiger charge is -2.04. The summed E-state index contributed by atoms with van der Waals surface area (Å²) in [5, 5.41) is 5.68. The molecular formula is C13H14N2O2. The molecule has 2 rings (SSSR count). The average molecular weight is 230 g/mol. The van der Waals surface area contributed by atoms with E-state index in [9.17, 15) is 4.79 Å². The summed E-state index contributed by atoms with van der Waals surface area (Å²) in [6, 6.07) is 10.8. The van der Waals surface area contributed by atoms with Gasteiger partial charge in [0.1, 0.15) is 5.76 Å². The summed E-state index contributed by atoms with van der Waals surface area (Å²) in [5.74, 6) is 1.04. The van der Waals surface area contributed by atoms with Gasteiger partial charge in [0.15, 0.2) is 5.88 Å². The van der Waals surface area contributed by atoms with E-state index in [1.807, 2.05) is 26.1 Å². The zero-order valence-corrected chi connectivity index (χ0v) is 9.78. The van der Waals surface area contributed by atoms with E-state index in [4.69, 9.17) is 4.42 Å². The third kappa shape index (κ3) is 2.66. The molecule has 17 heavy (non-hydrogen) atoms. The van der Waals surface area contributed by atoms with Crippen molar-refractivity contribution in [2.45, 2.75) is 6.92 Å². The van der Waals surface area contributed by atoms with Crippen LogP contribution in [0.1, 0.15) is 16.1 Å². The SMILES string of the molecule is CNc1cccc(C(=O)Nc2ccc(C)o2)c1. The fourth-order valence-corrected chi connectivity index (χ4v) is 1.50. The van der Waals surface area contributed by atoms with Crippen molar-refractivity contribution in [1.82, 2.24) is 0 Å². The second-order valence-electron chi connectivity index (χ2n) is 3.70. The van der Waals surface area contributed by atoms with Gasteiger partial charge in [-0.05, 0) is 31.2 Å². The molecular weight excluding hydrogens is 216 g/mol. The third-order valence-corrected chi connectivity index (χ3v) is 2.39. The molecule has 88 valence electrons. The molecule has 4 heteroatoms. The monoisotopic (exact) mass is 230 g/mol. The van der Waals surface area contributed by atoms with Crippen molar-refractivity contribution in [2.75, 3.05) is 17.7 Å². The molecule has 0 fully saturated rings. The van der Waals surface area contributed by atoms with Crippen molar-refractivity contribution >= 4 is 17.5 Å². The molecule has 0 bridgehead atoms. The Kier molecular flexibility index (Phi) is 3.14. The summed E-state index contributed by atoms with van der Waals surface area (Å²) in [6.45, 7) is 1.83. The van der Waals surface area contributed by atoms with Gasteiger partial charge in [-0.25, -0.2) is 0 Å². The molecule has 0 atom stereocenters. The average Bonchev–Trinajstić information content (AvgIpc) is 2.75. The minimum absolute atomic E-state index is 0.184. The largest absolute Gasteiger partial charge is 0.446 e. The smallest absolute Gasteiger partial charge is 0.258 e. The number of furan rings is 1. The topological polar surface area (TPSA) is 54.3 Å². The number of carbonyl (C=O) groups is 1. The molecule has 0 unspecified atom stereocenters. The molecule has 4 nitrogen and oxygen atoms in total. The van der Waals surface area contributed by atoms with Crippen molar-refractivity contribution in [3.05, 3.63) is 47.7 Å². The van der Waals surface area contributed by atoms with E-state index in [2.05, 4.69) is 10.6 Å². The summed E-state index contributed by atoms with van der Waals surface area (Å²) in [6.07, 6.45) is 0. The first-order valence-electron chi connectivity index (χ1n) is 5.34. The van der Waals surface area contributed by atoms with Crippen LogP contribution >= 0.6 is 0 Å². The van der Waals surface area contributed by atoms with Crippen molar-refractivity contribution in [3.8, 4) is 0 Å². The van der Waals surface area contributed by atoms with Crippen LogP contribution in [0.2, 0.25) is 0 Å². The van der Waals surface area contributed by atoms with Crippen molar-refractivity contribution in [3.63, 3.8) is 0 Å². The summed E-state index contributed by atoms with van der Waals surface area (Å²) >= 11 is 0. The molecule has 1 aromatic heterocycles. The van der Waals surface area contributed by atoms with Gasteiger partial charge in [0.2, 0.25) is 0 Å². The molecule has 0 saturated carbocycles. The van der Waals surface area contributed by atoms with Crippen LogP contribution in [0, 0.1) is 6.92 Å². The van der Waals surface area contributed by atoms with E-state index in [0.717, 1.165) is 11.4 Å². The van der Waals surface area contributed by atoms with Crippen LogP contribution < -0.4 is 10.6 Å². The Morgan fingerprint density at radius 3 is 2.71 bits per heavy atom. The second-order valence-corrected chi connectivity index (χ2v) is 3.70. The van der Waals surface area contributed by atoms with E-state index in [0.29, 0.717) is 11.4 Å². The Morgan fingerprint density at radius 1 is 1.24 bits per heavy atom. The van der Waals surface area contributed by atoms with Crippen LogP contribution in [0.25, 0.3) is 0 Å². The molecule has 2 aromatic rings. The first-order valence-corrected chi connectivity index (χ1v) is 5.34. The maximum atomic E-state index is 11.9. The summed E-state index contributed by atoms with van der Waals surface area (Å²) in [7, 11) is 1.81. The van der Waals surface area contributed by atoms with E-state index in [-0.39, 0.29) is 5.91 Å². The van der Waals surface area contributed by atoms with Gasteiger partial charge in [0.25, 0.3) is 5.91 Å². The van der Waals surface area contributed by atoms with Crippen LogP contribution in [0.4, 0.5) is 11.6 Å². The Labute approximate surface area is 99.6 Å². The lowest BCUT2D eigenvalue weighted by atomic mass is 10.2. The quantitative estimate of drug-likeness (QED) is 0.852. The minimum Gasteiger partial charge on any atom is -0.446 e. The van der Waals surface area contributed by atoms with Crippen molar-refractivity contribution in [1.29, 1.82) is 0 Å². The van der Waals surface area contributed by atoms with E-state index in [1.54, 1.807) is 24.3 Å². The standard InChI is InChI=1S/C13H14N2O2/c1-9-6-7-12(17-9)15-13(16)10-4-3-5-11(8-10)14-2/h3-8,14H,1-2H3,(H,15,16). The van der Waals surface area contributed by atoms with Gasteiger partial charge in [0.05, 0.1) is 0 Å². The molecule has 2 N–H and O–H groups in total. The lowest BCUT2D eigenvalue weighted by molar-refractivity contribution is 0.102. The Balaban J connectivity index is 2.14. The number of amides is 1. The summed E-state index contributed by atoms with van der Waals surface area (Å²) < 4.78 is 5.28. The van der Waals surface area contributed by atoms with Crippen LogP contribution in [-0.2, 0) is 0 Å². The van der Waals surface area contributed by atoms with Gasteiger partial charge in [-0.15, -0.1) is 0 Å². The van der Waals surface area contributed by atoms with Crippen LogP contribution in [-0.4, -0.2) is 13.0 Å². The highest BCUT2D eigenvalue weighted by Crippen LogP contribution is 2.15. The Bertz CT molecular complexity index is 532. The van der Waals surface area contributed by atoms with E-state index < -0.39 is 0 Å². The number of aryl methyl sites for hydroxylation is 1. The number of carbonyl (C=O) groups excluding carboxylic acids is 1. The summed E-state index contributed by atoms with van der Waals surface area (Å²) in [5.41, 5.74) is 1.49. The fourth-order valence-electron chi connectivity index (χ4n) is 1.50. The number of rotatable bonds is 3. The molecule has 0 aliphatic rings. The van der Waals surface area contributed by atoms with Crippen molar-refractivity contribution < 1.29 is 9.21 Å². The van der Waals surface area contributed by atoms with Gasteiger partial charge >= 0.3 is 0 Å². The summed E-state index contributed by atoms with van der Waals surface area (Å²) in [4.78, 5) is 11.9. The first kappa shape index (κ1) is 11.3. The second kappa shape index (κ2) is 4.74. The molecule has 1 heterocycles. The number of hydrogen-bond acceptors (Lipinski definition) is 3. The van der Waals surface area contributed by atoms with E-state index in [1.165, 1.54) is 0 Å². The van der Waals surface area contributed by atoms with Gasteiger partial charge < -0.3 is 9.73 Å². The fraction of sp³-hybridized carbons (Fsp3) is 0.154. The molecule has 1 aromatic carbocycles. The first-order chi connectivity index (χ1) is 8.19. The highest BCUT2D eigenvalue weighted by atomic mass is 16.4. The molecule has 0 radical (unpaired) electrons. The zero-order chi connectivity index (χ0) is 12.3. The van der Waals surface area contributed by atoms with Gasteiger partial charge in [-0.3, -0.25) is 10.1 Å². The maximum Gasteiger partial charge on any atom is 0.258 e. The predicted octanol–water partition coefficient (Wildman–Crippen LogP) is 2.88. The van der Waals surface area contributed by atoms with Crippen molar-refractivity contribution in [2.24, 2.45) is 0 Å². The molecule has 0 aliphatic carbocycles. The number of benzene rings is 1. The third-order valence-electron chi connectivity index (χ3n) is 2.39. The Morgan fingerprint density at radius 2 is 2.06 bits per heavy atom. The zero-order valence-electron chi connectivity index (χ0n) is 9.78. The molecule has 0 aliphatic heterocycles. The van der Waals surface area contributed by atoms with Gasteiger partial charge in [-0.1, -0.05) is 6.07 Å². The van der Waals surface area contributed by atoms with Gasteiger partial charge in [-0.2, -0.15) is 0 Å². The van der Waals surface area contributed by atoms with Crippen LogP contribution in [0.5, 0.6) is 0 Å². The van der Waals surface area contributed by atoms with Gasteiger partial charge in [0, 0.05) is 24.4 Å².